The lowest BCUT2D eigenvalue weighted by atomic mass is 9.77. The third kappa shape index (κ3) is 1.23. The van der Waals surface area contributed by atoms with E-state index in [0.717, 1.165) is 37.4 Å². The maximum atomic E-state index is 11.7. The molecule has 1 spiro atoms. The van der Waals surface area contributed by atoms with Crippen molar-refractivity contribution in [2.45, 2.75) is 0 Å². The Labute approximate surface area is 103 Å². The van der Waals surface area contributed by atoms with Gasteiger partial charge >= 0.3 is 0 Å². The standard InChI is InChI=1S/C12H12N4O2/c17-11-9-1-13-3-10(8(9)2-14-15-11)16-4-12(5-16)6-18-7-12/h1-3H,4-7H2,(H,15,17). The van der Waals surface area contributed by atoms with Crippen molar-refractivity contribution in [1.82, 2.24) is 15.2 Å². The highest BCUT2D eigenvalue weighted by Crippen LogP contribution is 2.41. The highest BCUT2D eigenvalue weighted by atomic mass is 16.5. The molecule has 18 heavy (non-hydrogen) atoms. The van der Waals surface area contributed by atoms with Gasteiger partial charge in [0.25, 0.3) is 5.56 Å². The number of ether oxygens (including phenoxy) is 1. The molecule has 6 heteroatoms. The number of H-pyrrole nitrogens is 1. The Morgan fingerprint density at radius 1 is 1.22 bits per heavy atom. The number of hydrogen-bond donors (Lipinski definition) is 1. The fourth-order valence-corrected chi connectivity index (χ4v) is 2.75. The first kappa shape index (κ1) is 10.0. The number of pyridine rings is 1. The number of nitrogens with one attached hydrogen (secondary N) is 1. The summed E-state index contributed by atoms with van der Waals surface area (Å²) in [4.78, 5) is 18.0. The lowest BCUT2D eigenvalue weighted by Crippen LogP contribution is -2.66. The second kappa shape index (κ2) is 3.29. The van der Waals surface area contributed by atoms with E-state index < -0.39 is 0 Å². The predicted octanol–water partition coefficient (Wildman–Crippen LogP) is 0.155. The van der Waals surface area contributed by atoms with Crippen LogP contribution in [-0.2, 0) is 4.74 Å². The molecule has 0 aromatic carbocycles. The van der Waals surface area contributed by atoms with E-state index in [0.29, 0.717) is 10.8 Å². The molecule has 2 aliphatic rings. The normalized spacial score (nSPS) is 20.8. The van der Waals surface area contributed by atoms with Crippen LogP contribution in [0.15, 0.2) is 23.4 Å². The molecule has 0 radical (unpaired) electrons. The van der Waals surface area contributed by atoms with Gasteiger partial charge in [-0.15, -0.1) is 0 Å². The van der Waals surface area contributed by atoms with Gasteiger partial charge in [-0.05, 0) is 0 Å². The summed E-state index contributed by atoms with van der Waals surface area (Å²) >= 11 is 0. The Kier molecular flexibility index (Phi) is 1.83. The van der Waals surface area contributed by atoms with Gasteiger partial charge in [-0.1, -0.05) is 0 Å². The van der Waals surface area contributed by atoms with Crippen molar-refractivity contribution in [3.8, 4) is 0 Å². The topological polar surface area (TPSA) is 71.1 Å². The molecule has 0 saturated carbocycles. The number of aromatic nitrogens is 3. The second-order valence-electron chi connectivity index (χ2n) is 5.17. The zero-order chi connectivity index (χ0) is 12.2. The summed E-state index contributed by atoms with van der Waals surface area (Å²) in [5.74, 6) is 0. The van der Waals surface area contributed by atoms with Crippen LogP contribution < -0.4 is 10.5 Å². The van der Waals surface area contributed by atoms with Gasteiger partial charge in [0.2, 0.25) is 0 Å². The Hall–Kier alpha value is -1.95. The molecule has 2 aliphatic heterocycles. The Morgan fingerprint density at radius 3 is 2.78 bits per heavy atom. The summed E-state index contributed by atoms with van der Waals surface area (Å²) < 4.78 is 5.26. The summed E-state index contributed by atoms with van der Waals surface area (Å²) in [5, 5.41) is 7.75. The largest absolute Gasteiger partial charge is 0.380 e. The monoisotopic (exact) mass is 244 g/mol. The van der Waals surface area contributed by atoms with Crippen molar-refractivity contribution in [3.05, 3.63) is 28.9 Å². The molecule has 6 nitrogen and oxygen atoms in total. The molecule has 4 rings (SSSR count). The van der Waals surface area contributed by atoms with Crippen molar-refractivity contribution < 1.29 is 4.74 Å². The van der Waals surface area contributed by atoms with Crippen molar-refractivity contribution in [2.24, 2.45) is 5.41 Å². The maximum Gasteiger partial charge on any atom is 0.273 e. The first-order valence-corrected chi connectivity index (χ1v) is 5.92. The molecule has 0 atom stereocenters. The van der Waals surface area contributed by atoms with E-state index >= 15 is 0 Å². The van der Waals surface area contributed by atoms with Gasteiger partial charge < -0.3 is 9.64 Å². The molecule has 0 aliphatic carbocycles. The first-order valence-electron chi connectivity index (χ1n) is 5.92. The van der Waals surface area contributed by atoms with Gasteiger partial charge in [0.1, 0.15) is 0 Å². The fraction of sp³-hybridized carbons (Fsp3) is 0.417. The summed E-state index contributed by atoms with van der Waals surface area (Å²) in [7, 11) is 0. The summed E-state index contributed by atoms with van der Waals surface area (Å²) in [6.45, 7) is 3.64. The van der Waals surface area contributed by atoms with Gasteiger partial charge in [0, 0.05) is 24.7 Å². The average Bonchev–Trinajstić information content (AvgIpc) is 2.26. The fourth-order valence-electron chi connectivity index (χ4n) is 2.75. The Morgan fingerprint density at radius 2 is 2.06 bits per heavy atom. The first-order chi connectivity index (χ1) is 8.77. The van der Waals surface area contributed by atoms with E-state index in [-0.39, 0.29) is 5.56 Å². The lowest BCUT2D eigenvalue weighted by Gasteiger charge is -2.56. The third-order valence-electron chi connectivity index (χ3n) is 3.78. The van der Waals surface area contributed by atoms with Crippen LogP contribution in [0, 0.1) is 5.41 Å². The van der Waals surface area contributed by atoms with Crippen LogP contribution in [0.5, 0.6) is 0 Å². The van der Waals surface area contributed by atoms with Crippen molar-refractivity contribution in [2.75, 3.05) is 31.2 Å². The summed E-state index contributed by atoms with van der Waals surface area (Å²) in [5.41, 5.74) is 1.14. The van der Waals surface area contributed by atoms with E-state index in [1.165, 1.54) is 0 Å². The molecule has 2 aromatic rings. The minimum Gasteiger partial charge on any atom is -0.380 e. The molecule has 2 fully saturated rings. The molecule has 2 aromatic heterocycles. The third-order valence-corrected chi connectivity index (χ3v) is 3.78. The molecule has 1 N–H and O–H groups in total. The Balaban J connectivity index is 1.77. The molecule has 0 amide bonds. The molecular formula is C12H12N4O2. The van der Waals surface area contributed by atoms with Gasteiger partial charge in [-0.2, -0.15) is 5.10 Å². The van der Waals surface area contributed by atoms with E-state index in [1.807, 2.05) is 0 Å². The van der Waals surface area contributed by atoms with Crippen molar-refractivity contribution >= 4 is 16.5 Å². The molecule has 0 bridgehead atoms. The van der Waals surface area contributed by atoms with Crippen molar-refractivity contribution in [3.63, 3.8) is 0 Å². The number of fused-ring (bicyclic) bond motifs is 1. The van der Waals surface area contributed by atoms with E-state index in [2.05, 4.69) is 20.1 Å². The minimum atomic E-state index is -0.191. The van der Waals surface area contributed by atoms with Crippen LogP contribution in [0.3, 0.4) is 0 Å². The number of nitrogens with zero attached hydrogens (tertiary/aromatic N) is 3. The minimum absolute atomic E-state index is 0.191. The molecule has 4 heterocycles. The van der Waals surface area contributed by atoms with Crippen LogP contribution in [0.1, 0.15) is 0 Å². The zero-order valence-corrected chi connectivity index (χ0v) is 9.72. The molecule has 2 saturated heterocycles. The predicted molar refractivity (Wildman–Crippen MR) is 65.6 cm³/mol. The van der Waals surface area contributed by atoms with Crippen LogP contribution >= 0.6 is 0 Å². The van der Waals surface area contributed by atoms with E-state index in [4.69, 9.17) is 4.74 Å². The van der Waals surface area contributed by atoms with E-state index in [9.17, 15) is 4.79 Å². The summed E-state index contributed by atoms with van der Waals surface area (Å²) in [6, 6.07) is 0. The molecular weight excluding hydrogens is 232 g/mol. The number of rotatable bonds is 1. The lowest BCUT2D eigenvalue weighted by molar-refractivity contribution is -0.126. The Bertz CT molecular complexity index is 669. The average molecular weight is 244 g/mol. The maximum absolute atomic E-state index is 11.7. The number of aromatic amines is 1. The van der Waals surface area contributed by atoms with Crippen LogP contribution in [-0.4, -0.2) is 41.5 Å². The highest BCUT2D eigenvalue weighted by Gasteiger charge is 2.49. The van der Waals surface area contributed by atoms with Crippen LogP contribution in [0.25, 0.3) is 10.8 Å². The highest BCUT2D eigenvalue weighted by molar-refractivity contribution is 5.92. The smallest absolute Gasteiger partial charge is 0.273 e. The number of anilines is 1. The van der Waals surface area contributed by atoms with E-state index in [1.54, 1.807) is 18.6 Å². The van der Waals surface area contributed by atoms with Gasteiger partial charge in [-0.3, -0.25) is 9.78 Å². The second-order valence-corrected chi connectivity index (χ2v) is 5.17. The van der Waals surface area contributed by atoms with Gasteiger partial charge in [0.05, 0.1) is 42.1 Å². The SMILES string of the molecule is O=c1[nH]ncc2c(N3CC4(COC4)C3)cncc12. The van der Waals surface area contributed by atoms with Crippen LogP contribution in [0.4, 0.5) is 5.69 Å². The molecule has 0 unspecified atom stereocenters. The number of hydrogen-bond acceptors (Lipinski definition) is 5. The van der Waals surface area contributed by atoms with Gasteiger partial charge in [-0.25, -0.2) is 5.10 Å². The zero-order valence-electron chi connectivity index (χ0n) is 9.72. The summed E-state index contributed by atoms with van der Waals surface area (Å²) in [6.07, 6.45) is 5.08. The van der Waals surface area contributed by atoms with Crippen molar-refractivity contribution in [1.29, 1.82) is 0 Å². The van der Waals surface area contributed by atoms with Crippen LogP contribution in [0.2, 0.25) is 0 Å². The van der Waals surface area contributed by atoms with Gasteiger partial charge in [0.15, 0.2) is 0 Å². The molecule has 92 valence electrons. The quantitative estimate of drug-likeness (QED) is 0.773.